The highest BCUT2D eigenvalue weighted by Crippen LogP contribution is 2.20. The average molecular weight is 955 g/mol. The second kappa shape index (κ2) is 30.2. The number of hydrogen-bond donors (Lipinski definition) is 1. The summed E-state index contributed by atoms with van der Waals surface area (Å²) in [6.07, 6.45) is 1.54. The number of carboxylic acids is 1. The molecule has 18 nitrogen and oxygen atoms in total. The molecular weight excluding hydrogens is 869 g/mol. The van der Waals surface area contributed by atoms with Crippen LogP contribution in [-0.2, 0) is 63.5 Å². The molecule has 1 saturated heterocycles. The molecule has 4 atom stereocenters. The molecule has 0 spiro atoms. The number of aliphatic carboxylic acids is 1. The summed E-state index contributed by atoms with van der Waals surface area (Å²) in [4.78, 5) is 61.9. The van der Waals surface area contributed by atoms with Crippen molar-refractivity contribution in [3.05, 3.63) is 29.8 Å². The zero-order valence-corrected chi connectivity index (χ0v) is 43.1. The molecule has 0 aromatic heterocycles. The summed E-state index contributed by atoms with van der Waals surface area (Å²) in [5, 5.41) is 10.9. The molecule has 0 amide bonds. The highest BCUT2D eigenvalue weighted by atomic mass is 16.6. The second-order valence-corrected chi connectivity index (χ2v) is 19.6. The van der Waals surface area contributed by atoms with Gasteiger partial charge in [-0.2, -0.15) is 0 Å². The number of esters is 3. The average Bonchev–Trinajstić information content (AvgIpc) is 3.25. The first-order chi connectivity index (χ1) is 31.5. The Labute approximate surface area is 401 Å². The van der Waals surface area contributed by atoms with Gasteiger partial charge in [-0.25, -0.2) is 0 Å². The molecule has 0 unspecified atom stereocenters. The van der Waals surface area contributed by atoms with E-state index in [0.717, 1.165) is 5.56 Å². The van der Waals surface area contributed by atoms with Crippen molar-refractivity contribution in [1.82, 2.24) is 19.6 Å². The SMILES string of the molecule is CCOCCOCCOc1ccc(CCC[C@@H](C(=O)O)N2CCN([C@H](COC(C)(C)C)C(=O)OC)CCN([C@H](COC(C)(C)C)C(=O)OC)CCN([C@@H](COC(C)(C)C)C(=O)OC)CC2)cc1. The molecule has 18 heteroatoms. The van der Waals surface area contributed by atoms with E-state index in [1.165, 1.54) is 21.3 Å². The number of nitrogens with zero attached hydrogens (tertiary/aromatic N) is 4. The van der Waals surface area contributed by atoms with Gasteiger partial charge in [0.2, 0.25) is 0 Å². The Balaban J connectivity index is 2.56. The Morgan fingerprint density at radius 1 is 0.537 bits per heavy atom. The molecule has 0 aliphatic carbocycles. The van der Waals surface area contributed by atoms with Gasteiger partial charge in [0.15, 0.2) is 0 Å². The van der Waals surface area contributed by atoms with Crippen molar-refractivity contribution in [2.24, 2.45) is 0 Å². The first-order valence-corrected chi connectivity index (χ1v) is 23.7. The van der Waals surface area contributed by atoms with E-state index in [0.29, 0.717) is 58.0 Å². The van der Waals surface area contributed by atoms with Crippen LogP contribution in [0.5, 0.6) is 5.75 Å². The maximum Gasteiger partial charge on any atom is 0.325 e. The van der Waals surface area contributed by atoms with Crippen LogP contribution >= 0.6 is 0 Å². The quantitative estimate of drug-likeness (QED) is 0.0792. The largest absolute Gasteiger partial charge is 0.491 e. The molecule has 0 radical (unpaired) electrons. The molecule has 1 aromatic carbocycles. The number of hydrogen-bond acceptors (Lipinski definition) is 17. The van der Waals surface area contributed by atoms with Gasteiger partial charge >= 0.3 is 23.9 Å². The number of methoxy groups -OCH3 is 3. The maximum absolute atomic E-state index is 13.6. The van der Waals surface area contributed by atoms with Gasteiger partial charge in [0.25, 0.3) is 0 Å². The van der Waals surface area contributed by atoms with Crippen molar-refractivity contribution in [3.63, 3.8) is 0 Å². The number of carboxylic acid groups (broad SMARTS) is 1. The van der Waals surface area contributed by atoms with Crippen molar-refractivity contribution in [2.75, 3.05) is 127 Å². The van der Waals surface area contributed by atoms with Crippen molar-refractivity contribution in [3.8, 4) is 5.75 Å². The molecule has 1 aromatic rings. The third kappa shape index (κ3) is 24.1. The Morgan fingerprint density at radius 2 is 0.881 bits per heavy atom. The van der Waals surface area contributed by atoms with Gasteiger partial charge in [-0.15, -0.1) is 0 Å². The van der Waals surface area contributed by atoms with Crippen molar-refractivity contribution in [1.29, 1.82) is 0 Å². The summed E-state index contributed by atoms with van der Waals surface area (Å²) >= 11 is 0. The Kier molecular flexibility index (Phi) is 26.9. The predicted octanol–water partition coefficient (Wildman–Crippen LogP) is 4.19. The molecule has 1 aliphatic heterocycles. The van der Waals surface area contributed by atoms with Crippen LogP contribution in [0.3, 0.4) is 0 Å². The zero-order chi connectivity index (χ0) is 50.2. The van der Waals surface area contributed by atoms with Gasteiger partial charge in [0.1, 0.15) is 36.5 Å². The van der Waals surface area contributed by atoms with Crippen LogP contribution < -0.4 is 4.74 Å². The lowest BCUT2D eigenvalue weighted by atomic mass is 10.0. The molecule has 67 heavy (non-hydrogen) atoms. The summed E-state index contributed by atoms with van der Waals surface area (Å²) in [7, 11) is 3.99. The van der Waals surface area contributed by atoms with Crippen LogP contribution in [0.4, 0.5) is 0 Å². The monoisotopic (exact) mass is 955 g/mol. The molecular formula is C49H86N4O14. The van der Waals surface area contributed by atoms with Gasteiger partial charge in [-0.3, -0.25) is 38.8 Å². The molecule has 0 bridgehead atoms. The normalized spacial score (nSPS) is 17.6. The van der Waals surface area contributed by atoms with Gasteiger partial charge in [0.05, 0.1) is 77.8 Å². The summed E-state index contributed by atoms with van der Waals surface area (Å²) in [5.41, 5.74) is -0.680. The van der Waals surface area contributed by atoms with E-state index in [4.69, 9.17) is 42.6 Å². The third-order valence-electron chi connectivity index (χ3n) is 11.1. The van der Waals surface area contributed by atoms with E-state index >= 15 is 0 Å². The fourth-order valence-corrected chi connectivity index (χ4v) is 7.38. The first kappa shape index (κ1) is 59.7. The Hall–Kier alpha value is -3.46. The molecule has 2 rings (SSSR count). The highest BCUT2D eigenvalue weighted by Gasteiger charge is 2.37. The fourth-order valence-electron chi connectivity index (χ4n) is 7.38. The van der Waals surface area contributed by atoms with Crippen LogP contribution in [-0.4, -0.2) is 216 Å². The van der Waals surface area contributed by atoms with E-state index in [1.54, 1.807) is 0 Å². The van der Waals surface area contributed by atoms with E-state index < -0.39 is 64.8 Å². The van der Waals surface area contributed by atoms with Crippen molar-refractivity contribution >= 4 is 23.9 Å². The minimum absolute atomic E-state index is 0.0144. The van der Waals surface area contributed by atoms with Gasteiger partial charge in [0, 0.05) is 59.0 Å². The molecule has 0 saturated carbocycles. The highest BCUT2D eigenvalue weighted by molar-refractivity contribution is 5.77. The van der Waals surface area contributed by atoms with Crippen molar-refractivity contribution < 1.29 is 66.9 Å². The lowest BCUT2D eigenvalue weighted by molar-refractivity contribution is -0.157. The number of carbonyl (C=O) groups is 4. The summed E-state index contributed by atoms with van der Waals surface area (Å²) in [6.45, 7) is 23.7. The van der Waals surface area contributed by atoms with Gasteiger partial charge < -0.3 is 47.7 Å². The minimum atomic E-state index is -0.982. The molecule has 386 valence electrons. The zero-order valence-electron chi connectivity index (χ0n) is 43.1. The summed E-state index contributed by atoms with van der Waals surface area (Å²) in [5.74, 6) is -1.77. The van der Waals surface area contributed by atoms with E-state index in [2.05, 4.69) is 0 Å². The minimum Gasteiger partial charge on any atom is -0.491 e. The number of ether oxygens (including phenoxy) is 9. The van der Waals surface area contributed by atoms with Crippen LogP contribution in [0, 0.1) is 0 Å². The Morgan fingerprint density at radius 3 is 1.21 bits per heavy atom. The fraction of sp³-hybridized carbons (Fsp3) is 0.796. The van der Waals surface area contributed by atoms with Crippen LogP contribution in [0.1, 0.15) is 87.6 Å². The predicted molar refractivity (Wildman–Crippen MR) is 254 cm³/mol. The molecule has 1 fully saturated rings. The van der Waals surface area contributed by atoms with E-state index in [-0.39, 0.29) is 72.2 Å². The smallest absolute Gasteiger partial charge is 0.325 e. The molecule has 1 aliphatic rings. The maximum atomic E-state index is 13.6. The Bertz CT molecular complexity index is 1530. The van der Waals surface area contributed by atoms with Gasteiger partial charge in [-0.1, -0.05) is 12.1 Å². The number of carbonyl (C=O) groups excluding carboxylic acids is 3. The number of aryl methyl sites for hydroxylation is 1. The second-order valence-electron chi connectivity index (χ2n) is 19.6. The third-order valence-corrected chi connectivity index (χ3v) is 11.1. The van der Waals surface area contributed by atoms with Crippen LogP contribution in [0.15, 0.2) is 24.3 Å². The standard InChI is InChI=1S/C49H86N4O14/c1-14-62-30-31-63-32-33-64-38-20-18-37(19-21-38)16-15-17-39(43(54)55)50-22-24-51(40(44(56)59-11)34-65-47(2,3)4)26-28-53(42(46(58)61-13)36-67-49(8,9)10)29-27-52(25-23-50)41(45(57)60-12)35-66-48(5,6)7/h18-21,39-42H,14-17,22-36H2,1-13H3,(H,54,55)/t39-,40-,41+,42+/m0/s1. The van der Waals surface area contributed by atoms with E-state index in [1.807, 2.05) is 113 Å². The molecule has 1 heterocycles. The lowest BCUT2D eigenvalue weighted by Gasteiger charge is -2.41. The van der Waals surface area contributed by atoms with Crippen LogP contribution in [0.2, 0.25) is 0 Å². The summed E-state index contributed by atoms with van der Waals surface area (Å²) < 4.78 is 51.2. The van der Waals surface area contributed by atoms with Crippen molar-refractivity contribution in [2.45, 2.75) is 129 Å². The lowest BCUT2D eigenvalue weighted by Crippen LogP contribution is -2.58. The first-order valence-electron chi connectivity index (χ1n) is 23.7. The van der Waals surface area contributed by atoms with Gasteiger partial charge in [-0.05, 0) is 106 Å². The summed E-state index contributed by atoms with van der Waals surface area (Å²) in [6, 6.07) is 4.32. The molecule has 1 N–H and O–H groups in total. The number of rotatable bonds is 26. The number of benzene rings is 1. The topological polar surface area (TPSA) is 185 Å². The van der Waals surface area contributed by atoms with Crippen LogP contribution in [0.25, 0.3) is 0 Å². The van der Waals surface area contributed by atoms with E-state index in [9.17, 15) is 24.3 Å².